The molecule has 12 heteroatoms. The molecule has 1 aromatic heterocycles. The number of hydrogen-bond donors (Lipinski definition) is 2. The number of esters is 1. The number of ether oxygens (including phenoxy) is 1. The zero-order valence-electron chi connectivity index (χ0n) is 17.8. The molecule has 9 nitrogen and oxygen atoms in total. The van der Waals surface area contributed by atoms with Crippen LogP contribution in [-0.4, -0.2) is 29.3 Å². The Labute approximate surface area is 207 Å². The van der Waals surface area contributed by atoms with Gasteiger partial charge in [0.1, 0.15) is 5.00 Å². The van der Waals surface area contributed by atoms with Crippen LogP contribution in [0.5, 0.6) is 0 Å². The normalized spacial score (nSPS) is 10.5. The lowest BCUT2D eigenvalue weighted by molar-refractivity contribution is -0.384. The molecule has 2 N–H and O–H groups in total. The van der Waals surface area contributed by atoms with Crippen LogP contribution in [0.15, 0.2) is 42.5 Å². The third-order valence-electron chi connectivity index (χ3n) is 4.58. The summed E-state index contributed by atoms with van der Waals surface area (Å²) in [5.41, 5.74) is 0.305. The van der Waals surface area contributed by atoms with E-state index in [1.165, 1.54) is 18.2 Å². The Morgan fingerprint density at radius 3 is 2.47 bits per heavy atom. The topological polar surface area (TPSA) is 128 Å². The van der Waals surface area contributed by atoms with E-state index in [2.05, 4.69) is 10.6 Å². The van der Waals surface area contributed by atoms with Gasteiger partial charge in [0.05, 0.1) is 37.7 Å². The highest BCUT2D eigenvalue weighted by Gasteiger charge is 2.27. The number of thiophene rings is 1. The highest BCUT2D eigenvalue weighted by molar-refractivity contribution is 7.19. The second-order valence-electron chi connectivity index (χ2n) is 6.80. The number of rotatable bonds is 7. The minimum absolute atomic E-state index is 0.00627. The van der Waals surface area contributed by atoms with E-state index in [-0.39, 0.29) is 54.6 Å². The summed E-state index contributed by atoms with van der Waals surface area (Å²) < 4.78 is 5.09. The Bertz CT molecular complexity index is 1310. The van der Waals surface area contributed by atoms with Crippen LogP contribution in [-0.2, 0) is 4.74 Å². The minimum atomic E-state index is -0.731. The Hall–Kier alpha value is -3.47. The van der Waals surface area contributed by atoms with E-state index in [1.54, 1.807) is 32.0 Å². The van der Waals surface area contributed by atoms with Crippen molar-refractivity contribution in [3.8, 4) is 0 Å². The number of carbonyl (C=O) groups is 3. The Kier molecular flexibility index (Phi) is 7.87. The Morgan fingerprint density at radius 2 is 1.79 bits per heavy atom. The molecule has 176 valence electrons. The van der Waals surface area contributed by atoms with Crippen LogP contribution >= 0.6 is 34.5 Å². The average molecular weight is 522 g/mol. The van der Waals surface area contributed by atoms with Gasteiger partial charge in [-0.25, -0.2) is 4.79 Å². The van der Waals surface area contributed by atoms with E-state index in [4.69, 9.17) is 27.9 Å². The first kappa shape index (κ1) is 25.2. The average Bonchev–Trinajstić information content (AvgIpc) is 3.12. The number of nitro groups is 1. The number of hydrogen-bond acceptors (Lipinski definition) is 7. The van der Waals surface area contributed by atoms with Gasteiger partial charge in [-0.05, 0) is 37.6 Å². The first-order valence-corrected chi connectivity index (χ1v) is 11.3. The quantitative estimate of drug-likeness (QED) is 0.224. The van der Waals surface area contributed by atoms with E-state index in [1.807, 2.05) is 0 Å². The maximum atomic E-state index is 13.0. The van der Waals surface area contributed by atoms with Crippen LogP contribution in [0.3, 0.4) is 0 Å². The molecule has 1 heterocycles. The summed E-state index contributed by atoms with van der Waals surface area (Å²) in [5, 5.41) is 16.7. The summed E-state index contributed by atoms with van der Waals surface area (Å²) in [5.74, 6) is -2.00. The van der Waals surface area contributed by atoms with Gasteiger partial charge in [0.25, 0.3) is 17.5 Å². The van der Waals surface area contributed by atoms with E-state index in [0.29, 0.717) is 0 Å². The Balaban J connectivity index is 1.97. The number of anilines is 2. The summed E-state index contributed by atoms with van der Waals surface area (Å²) in [6, 6.07) is 9.85. The predicted octanol–water partition coefficient (Wildman–Crippen LogP) is 5.95. The number of nitrogens with zero attached hydrogens (tertiary/aromatic N) is 1. The zero-order chi connectivity index (χ0) is 25.0. The largest absolute Gasteiger partial charge is 0.462 e. The molecule has 0 atom stereocenters. The van der Waals surface area contributed by atoms with Crippen molar-refractivity contribution < 1.29 is 24.0 Å². The van der Waals surface area contributed by atoms with Gasteiger partial charge in [0.2, 0.25) is 0 Å². The fraction of sp³-hybridized carbons (Fsp3) is 0.136. The lowest BCUT2D eigenvalue weighted by atomic mass is 10.1. The van der Waals surface area contributed by atoms with Crippen LogP contribution < -0.4 is 10.6 Å². The maximum Gasteiger partial charge on any atom is 0.341 e. The van der Waals surface area contributed by atoms with Gasteiger partial charge >= 0.3 is 5.97 Å². The molecule has 0 saturated carbocycles. The molecule has 2 aromatic carbocycles. The summed E-state index contributed by atoms with van der Waals surface area (Å²) in [6.45, 7) is 3.24. The summed E-state index contributed by atoms with van der Waals surface area (Å²) in [7, 11) is 0. The van der Waals surface area contributed by atoms with Crippen molar-refractivity contribution in [2.75, 3.05) is 17.2 Å². The second kappa shape index (κ2) is 10.6. The second-order valence-corrected chi connectivity index (χ2v) is 8.60. The van der Waals surface area contributed by atoms with Crippen molar-refractivity contribution in [2.45, 2.75) is 13.8 Å². The van der Waals surface area contributed by atoms with E-state index in [0.717, 1.165) is 17.4 Å². The van der Waals surface area contributed by atoms with Gasteiger partial charge in [-0.1, -0.05) is 35.3 Å². The molecule has 0 aliphatic carbocycles. The van der Waals surface area contributed by atoms with Crippen LogP contribution in [0.4, 0.5) is 16.4 Å². The van der Waals surface area contributed by atoms with Crippen molar-refractivity contribution in [3.63, 3.8) is 0 Å². The molecule has 0 spiro atoms. The van der Waals surface area contributed by atoms with Gasteiger partial charge < -0.3 is 15.4 Å². The van der Waals surface area contributed by atoms with Crippen molar-refractivity contribution in [3.05, 3.63) is 84.2 Å². The molecule has 2 amide bonds. The molecule has 0 aliphatic heterocycles. The SMILES string of the molecule is CCOC(=O)c1c(NC(=O)c2cccc([N+](=O)[O-])c2)sc(C(=O)Nc2cccc(Cl)c2Cl)c1C. The summed E-state index contributed by atoms with van der Waals surface area (Å²) >= 11 is 13.0. The van der Waals surface area contributed by atoms with Crippen LogP contribution in [0.1, 0.15) is 42.9 Å². The Morgan fingerprint density at radius 1 is 1.09 bits per heavy atom. The van der Waals surface area contributed by atoms with Gasteiger partial charge in [-0.2, -0.15) is 0 Å². The molecular weight excluding hydrogens is 505 g/mol. The summed E-state index contributed by atoms with van der Waals surface area (Å²) in [4.78, 5) is 48.9. The molecule has 34 heavy (non-hydrogen) atoms. The molecule has 0 unspecified atom stereocenters. The minimum Gasteiger partial charge on any atom is -0.462 e. The number of benzene rings is 2. The molecular formula is C22H17Cl2N3O6S. The number of nitrogens with one attached hydrogen (secondary N) is 2. The molecule has 3 aromatic rings. The highest BCUT2D eigenvalue weighted by Crippen LogP contribution is 2.36. The molecule has 0 bridgehead atoms. The predicted molar refractivity (Wildman–Crippen MR) is 130 cm³/mol. The van der Waals surface area contributed by atoms with Crippen molar-refractivity contribution in [1.29, 1.82) is 0 Å². The molecule has 0 radical (unpaired) electrons. The lowest BCUT2D eigenvalue weighted by Gasteiger charge is -2.08. The third-order valence-corrected chi connectivity index (χ3v) is 6.60. The van der Waals surface area contributed by atoms with E-state index in [9.17, 15) is 24.5 Å². The standard InChI is InChI=1S/C22H17Cl2N3O6S/c1-3-33-22(30)16-11(2)18(20(29)25-15-9-5-8-14(23)17(15)24)34-21(16)26-19(28)12-6-4-7-13(10-12)27(31)32/h4-10H,3H2,1-2H3,(H,25,29)(H,26,28). The first-order valence-electron chi connectivity index (χ1n) is 9.75. The number of halogens is 2. The highest BCUT2D eigenvalue weighted by atomic mass is 35.5. The third kappa shape index (κ3) is 5.36. The lowest BCUT2D eigenvalue weighted by Crippen LogP contribution is -2.15. The fourth-order valence-electron chi connectivity index (χ4n) is 2.98. The number of nitro benzene ring substituents is 1. The number of amides is 2. The maximum absolute atomic E-state index is 13.0. The van der Waals surface area contributed by atoms with Gasteiger partial charge in [0, 0.05) is 17.7 Å². The molecule has 0 saturated heterocycles. The van der Waals surface area contributed by atoms with E-state index >= 15 is 0 Å². The monoisotopic (exact) mass is 521 g/mol. The molecule has 0 fully saturated rings. The van der Waals surface area contributed by atoms with Crippen molar-refractivity contribution in [1.82, 2.24) is 0 Å². The van der Waals surface area contributed by atoms with E-state index < -0.39 is 22.7 Å². The van der Waals surface area contributed by atoms with Crippen LogP contribution in [0, 0.1) is 17.0 Å². The fourth-order valence-corrected chi connectivity index (χ4v) is 4.42. The van der Waals surface area contributed by atoms with Crippen molar-refractivity contribution in [2.24, 2.45) is 0 Å². The molecule has 3 rings (SSSR count). The number of carbonyl (C=O) groups excluding carboxylic acids is 3. The van der Waals surface area contributed by atoms with Crippen LogP contribution in [0.2, 0.25) is 10.0 Å². The number of non-ortho nitro benzene ring substituents is 1. The first-order chi connectivity index (χ1) is 16.1. The van der Waals surface area contributed by atoms with Gasteiger partial charge in [-0.15, -0.1) is 11.3 Å². The van der Waals surface area contributed by atoms with Crippen molar-refractivity contribution >= 4 is 68.7 Å². The van der Waals surface area contributed by atoms with Gasteiger partial charge in [0.15, 0.2) is 0 Å². The van der Waals surface area contributed by atoms with Gasteiger partial charge in [-0.3, -0.25) is 19.7 Å². The van der Waals surface area contributed by atoms with Crippen LogP contribution in [0.25, 0.3) is 0 Å². The zero-order valence-corrected chi connectivity index (χ0v) is 20.1. The molecule has 0 aliphatic rings. The smallest absolute Gasteiger partial charge is 0.341 e. The summed E-state index contributed by atoms with van der Waals surface area (Å²) in [6.07, 6.45) is 0.